The van der Waals surface area contributed by atoms with Gasteiger partial charge in [0.05, 0.1) is 11.1 Å². The second-order valence-corrected chi connectivity index (χ2v) is 6.78. The molecule has 1 nitrogen and oxygen atoms in total. The van der Waals surface area contributed by atoms with Gasteiger partial charge in [0, 0.05) is 14.2 Å². The highest BCUT2D eigenvalue weighted by atomic mass is 79.9. The van der Waals surface area contributed by atoms with Crippen molar-refractivity contribution in [1.29, 1.82) is 0 Å². The number of nitrogens with one attached hydrogen (secondary N) is 1. The van der Waals surface area contributed by atoms with Crippen LogP contribution in [-0.2, 0) is 6.42 Å². The van der Waals surface area contributed by atoms with E-state index in [4.69, 9.17) is 11.6 Å². The maximum atomic E-state index is 6.21. The Balaban J connectivity index is 2.35. The molecule has 0 aliphatic rings. The Morgan fingerprint density at radius 1 is 1.26 bits per heavy atom. The molecule has 2 rings (SSSR count). The molecule has 4 heteroatoms. The molecule has 2 aromatic rings. The molecule has 0 saturated heterocycles. The molecule has 102 valence electrons. The van der Waals surface area contributed by atoms with Crippen LogP contribution in [0.3, 0.4) is 0 Å². The lowest BCUT2D eigenvalue weighted by atomic mass is 10.1. The van der Waals surface area contributed by atoms with E-state index in [0.29, 0.717) is 0 Å². The van der Waals surface area contributed by atoms with Crippen molar-refractivity contribution >= 4 is 38.9 Å². The maximum absolute atomic E-state index is 6.21. The molecule has 0 amide bonds. The molecule has 0 spiro atoms. The first-order valence-electron chi connectivity index (χ1n) is 6.42. The molecule has 1 unspecified atom stereocenters. The van der Waals surface area contributed by atoms with E-state index >= 15 is 0 Å². The highest BCUT2D eigenvalue weighted by Crippen LogP contribution is 2.32. The van der Waals surface area contributed by atoms with E-state index in [2.05, 4.69) is 53.3 Å². The largest absolute Gasteiger partial charge is 0.306 e. The van der Waals surface area contributed by atoms with E-state index in [-0.39, 0.29) is 6.04 Å². The van der Waals surface area contributed by atoms with Gasteiger partial charge in [0.2, 0.25) is 0 Å². The summed E-state index contributed by atoms with van der Waals surface area (Å²) in [5, 5.41) is 4.29. The van der Waals surface area contributed by atoms with E-state index in [9.17, 15) is 0 Å². The molecule has 1 atom stereocenters. The van der Waals surface area contributed by atoms with Crippen LogP contribution < -0.4 is 5.32 Å². The van der Waals surface area contributed by atoms with Crippen molar-refractivity contribution in [2.75, 3.05) is 6.54 Å². The van der Waals surface area contributed by atoms with E-state index < -0.39 is 0 Å². The van der Waals surface area contributed by atoms with Crippen LogP contribution in [0.1, 0.15) is 35.2 Å². The van der Waals surface area contributed by atoms with Crippen LogP contribution >= 0.6 is 38.9 Å². The lowest BCUT2D eigenvalue weighted by Gasteiger charge is -2.17. The van der Waals surface area contributed by atoms with Crippen molar-refractivity contribution < 1.29 is 0 Å². The lowest BCUT2D eigenvalue weighted by molar-refractivity contribution is 0.639. The quantitative estimate of drug-likeness (QED) is 0.752. The average molecular weight is 359 g/mol. The molecule has 1 N–H and O–H groups in total. The molecule has 0 radical (unpaired) electrons. The fourth-order valence-electron chi connectivity index (χ4n) is 2.02. The van der Waals surface area contributed by atoms with Crippen molar-refractivity contribution in [1.82, 2.24) is 5.32 Å². The zero-order valence-electron chi connectivity index (χ0n) is 11.0. The Labute approximate surface area is 132 Å². The smallest absolute Gasteiger partial charge is 0.0671 e. The Kier molecular flexibility index (Phi) is 5.46. The third-order valence-corrected chi connectivity index (χ3v) is 5.53. The Morgan fingerprint density at radius 2 is 2.05 bits per heavy atom. The average Bonchev–Trinajstić information content (AvgIpc) is 2.88. The fraction of sp³-hybridized carbons (Fsp3) is 0.333. The van der Waals surface area contributed by atoms with Crippen molar-refractivity contribution in [2.24, 2.45) is 0 Å². The zero-order chi connectivity index (χ0) is 13.8. The predicted octanol–water partition coefficient (Wildman–Crippen LogP) is 5.43. The van der Waals surface area contributed by atoms with Crippen LogP contribution in [0.5, 0.6) is 0 Å². The van der Waals surface area contributed by atoms with Crippen LogP contribution in [0.4, 0.5) is 0 Å². The monoisotopic (exact) mass is 357 g/mol. The van der Waals surface area contributed by atoms with Crippen molar-refractivity contribution in [2.45, 2.75) is 26.3 Å². The van der Waals surface area contributed by atoms with Gasteiger partial charge in [-0.05, 0) is 58.7 Å². The molecule has 0 aliphatic heterocycles. The van der Waals surface area contributed by atoms with E-state index in [1.165, 1.54) is 15.3 Å². The van der Waals surface area contributed by atoms with Gasteiger partial charge in [-0.2, -0.15) is 0 Å². The van der Waals surface area contributed by atoms with Crippen LogP contribution in [0.15, 0.2) is 34.8 Å². The summed E-state index contributed by atoms with van der Waals surface area (Å²) < 4.78 is 0.939. The van der Waals surface area contributed by atoms with E-state index in [1.54, 1.807) is 0 Å². The summed E-state index contributed by atoms with van der Waals surface area (Å²) in [5.41, 5.74) is 1.21. The second kappa shape index (κ2) is 6.89. The minimum absolute atomic E-state index is 0.223. The SMILES string of the molecule is CCNC(c1ccc(Br)c(Cl)c1)c1ccc(CC)s1. The fourth-order valence-corrected chi connectivity index (χ4v) is 3.51. The van der Waals surface area contributed by atoms with Gasteiger partial charge in [-0.25, -0.2) is 0 Å². The van der Waals surface area contributed by atoms with Crippen molar-refractivity contribution in [3.63, 3.8) is 0 Å². The predicted molar refractivity (Wildman–Crippen MR) is 88.4 cm³/mol. The minimum atomic E-state index is 0.223. The molecule has 1 aromatic carbocycles. The molecule has 0 fully saturated rings. The Morgan fingerprint density at radius 3 is 2.63 bits per heavy atom. The summed E-state index contributed by atoms with van der Waals surface area (Å²) in [6.45, 7) is 5.24. The third-order valence-electron chi connectivity index (χ3n) is 3.00. The lowest BCUT2D eigenvalue weighted by Crippen LogP contribution is -2.21. The number of hydrogen-bond acceptors (Lipinski definition) is 2. The summed E-state index contributed by atoms with van der Waals surface area (Å²) in [4.78, 5) is 2.76. The topological polar surface area (TPSA) is 12.0 Å². The number of thiophene rings is 1. The first-order chi connectivity index (χ1) is 9.15. The number of aryl methyl sites for hydroxylation is 1. The Bertz CT molecular complexity index is 553. The van der Waals surface area contributed by atoms with Crippen LogP contribution in [0, 0.1) is 0 Å². The van der Waals surface area contributed by atoms with Gasteiger partial charge in [-0.1, -0.05) is 31.5 Å². The normalized spacial score (nSPS) is 12.6. The van der Waals surface area contributed by atoms with E-state index in [0.717, 1.165) is 22.5 Å². The first kappa shape index (κ1) is 15.0. The highest BCUT2D eigenvalue weighted by molar-refractivity contribution is 9.10. The maximum Gasteiger partial charge on any atom is 0.0671 e. The van der Waals surface area contributed by atoms with Gasteiger partial charge < -0.3 is 5.32 Å². The standard InChI is InChI=1S/C15H17BrClNS/c1-3-11-6-8-14(19-11)15(18-4-2)10-5-7-12(16)13(17)9-10/h5-9,15,18H,3-4H2,1-2H3. The summed E-state index contributed by atoms with van der Waals surface area (Å²) in [7, 11) is 0. The summed E-state index contributed by atoms with van der Waals surface area (Å²) in [6.07, 6.45) is 1.09. The van der Waals surface area contributed by atoms with Crippen molar-refractivity contribution in [3.8, 4) is 0 Å². The van der Waals surface area contributed by atoms with E-state index in [1.807, 2.05) is 23.5 Å². The van der Waals surface area contributed by atoms with Crippen LogP contribution in [0.25, 0.3) is 0 Å². The molecule has 0 aliphatic carbocycles. The highest BCUT2D eigenvalue weighted by Gasteiger charge is 2.16. The Hall–Kier alpha value is -0.350. The van der Waals surface area contributed by atoms with Gasteiger partial charge in [-0.15, -0.1) is 11.3 Å². The molecule has 1 heterocycles. The molecule has 0 saturated carbocycles. The molecule has 0 bridgehead atoms. The van der Waals surface area contributed by atoms with Gasteiger partial charge in [0.15, 0.2) is 0 Å². The summed E-state index contributed by atoms with van der Waals surface area (Å²) >= 11 is 11.5. The van der Waals surface area contributed by atoms with Gasteiger partial charge >= 0.3 is 0 Å². The second-order valence-electron chi connectivity index (χ2n) is 4.32. The van der Waals surface area contributed by atoms with Crippen LogP contribution in [0.2, 0.25) is 5.02 Å². The van der Waals surface area contributed by atoms with Gasteiger partial charge in [-0.3, -0.25) is 0 Å². The van der Waals surface area contributed by atoms with Crippen molar-refractivity contribution in [3.05, 3.63) is 55.1 Å². The molecular formula is C15H17BrClNS. The van der Waals surface area contributed by atoms with Gasteiger partial charge in [0.1, 0.15) is 0 Å². The molecular weight excluding hydrogens is 342 g/mol. The number of benzene rings is 1. The van der Waals surface area contributed by atoms with Gasteiger partial charge in [0.25, 0.3) is 0 Å². The number of hydrogen-bond donors (Lipinski definition) is 1. The minimum Gasteiger partial charge on any atom is -0.306 e. The third kappa shape index (κ3) is 3.60. The van der Waals surface area contributed by atoms with Crippen LogP contribution in [-0.4, -0.2) is 6.54 Å². The molecule has 19 heavy (non-hydrogen) atoms. The molecule has 1 aromatic heterocycles. The summed E-state index contributed by atoms with van der Waals surface area (Å²) in [5.74, 6) is 0. The number of rotatable bonds is 5. The zero-order valence-corrected chi connectivity index (χ0v) is 14.2. The summed E-state index contributed by atoms with van der Waals surface area (Å²) in [6, 6.07) is 10.8. The first-order valence-corrected chi connectivity index (χ1v) is 8.41. The number of halogens is 2.